The molecule has 0 aliphatic heterocycles. The van der Waals surface area contributed by atoms with E-state index < -0.39 is 35.9 Å². The molecular weight excluding hydrogens is 465 g/mol. The van der Waals surface area contributed by atoms with Crippen LogP contribution in [0, 0.1) is 29.5 Å². The minimum absolute atomic E-state index is 0.000227. The lowest BCUT2D eigenvalue weighted by atomic mass is 9.91. The first kappa shape index (κ1) is 26.8. The van der Waals surface area contributed by atoms with E-state index in [1.165, 1.54) is 61.1 Å². The van der Waals surface area contributed by atoms with Gasteiger partial charge in [-0.1, -0.05) is 11.8 Å². The average molecular weight is 486 g/mol. The Morgan fingerprint density at radius 2 is 1.46 bits per heavy atom. The number of benzene rings is 2. The maximum absolute atomic E-state index is 13.8. The summed E-state index contributed by atoms with van der Waals surface area (Å²) in [5, 5.41) is 15.1. The molecule has 1 unspecified atom stereocenters. The van der Waals surface area contributed by atoms with E-state index in [9.17, 15) is 27.6 Å². The first-order valence-electron chi connectivity index (χ1n) is 10.0. The van der Waals surface area contributed by atoms with Crippen molar-refractivity contribution in [2.24, 2.45) is 0 Å². The van der Waals surface area contributed by atoms with Gasteiger partial charge in [-0.25, -0.2) is 23.4 Å². The molecule has 11 heteroatoms. The third-order valence-corrected chi connectivity index (χ3v) is 4.78. The van der Waals surface area contributed by atoms with Crippen LogP contribution in [0.25, 0.3) is 0 Å². The normalized spacial score (nSPS) is 12.5. The Morgan fingerprint density at radius 1 is 0.943 bits per heavy atom. The van der Waals surface area contributed by atoms with Crippen LogP contribution in [0.2, 0.25) is 0 Å². The zero-order chi connectivity index (χ0) is 26.0. The molecule has 4 amide bonds. The molecular formula is C24H21F3N4O4. The predicted molar refractivity (Wildman–Crippen MR) is 120 cm³/mol. The van der Waals surface area contributed by atoms with Crippen molar-refractivity contribution in [3.05, 3.63) is 71.0 Å². The van der Waals surface area contributed by atoms with E-state index in [0.717, 1.165) is 6.92 Å². The predicted octanol–water partition coefficient (Wildman–Crippen LogP) is 1.79. The first-order valence-corrected chi connectivity index (χ1v) is 10.0. The molecule has 0 fully saturated rings. The summed E-state index contributed by atoms with van der Waals surface area (Å²) in [5.74, 6) is 8.05. The maximum atomic E-state index is 13.8. The van der Waals surface area contributed by atoms with E-state index >= 15 is 0 Å². The monoisotopic (exact) mass is 486 g/mol. The van der Waals surface area contributed by atoms with Crippen LogP contribution in [0.15, 0.2) is 48.5 Å². The number of urea groups is 1. The molecule has 0 heterocycles. The van der Waals surface area contributed by atoms with Gasteiger partial charge in [-0.2, -0.15) is 0 Å². The van der Waals surface area contributed by atoms with Crippen LogP contribution in [0.1, 0.15) is 28.4 Å². The van der Waals surface area contributed by atoms with Crippen molar-refractivity contribution in [1.29, 1.82) is 0 Å². The quantitative estimate of drug-likeness (QED) is 0.243. The van der Waals surface area contributed by atoms with Crippen LogP contribution >= 0.6 is 0 Å². The fourth-order valence-corrected chi connectivity index (χ4v) is 2.77. The number of hydrogen-bond donors (Lipinski definition) is 5. The second-order valence-electron chi connectivity index (χ2n) is 7.25. The molecule has 182 valence electrons. The van der Waals surface area contributed by atoms with E-state index in [4.69, 9.17) is 5.21 Å². The summed E-state index contributed by atoms with van der Waals surface area (Å²) in [6.07, 6.45) is -3.30. The van der Waals surface area contributed by atoms with Crippen LogP contribution < -0.4 is 21.4 Å². The maximum Gasteiger partial charge on any atom is 0.315 e. The standard InChI is InChI=1S/C24H21F3N4O4/c1-24(22(26)27,30-23(34)28-2)19(21(33)31-35)29-20(32)17-11-7-15(8-12-17)5-3-4-6-16-9-13-18(25)14-10-16/h7-14,19,22,35H,1-2H3,(H,29,32)(H,31,33)(H2,28,30,34)/t19-,24?/m1/s1. The molecule has 35 heavy (non-hydrogen) atoms. The van der Waals surface area contributed by atoms with Crippen LogP contribution in [-0.2, 0) is 4.79 Å². The second-order valence-corrected chi connectivity index (χ2v) is 7.25. The molecule has 2 atom stereocenters. The van der Waals surface area contributed by atoms with Gasteiger partial charge in [0.15, 0.2) is 0 Å². The van der Waals surface area contributed by atoms with Gasteiger partial charge in [0.2, 0.25) is 0 Å². The molecule has 8 nitrogen and oxygen atoms in total. The average Bonchev–Trinajstić information content (AvgIpc) is 2.85. The van der Waals surface area contributed by atoms with Crippen molar-refractivity contribution in [3.8, 4) is 23.7 Å². The Hall–Kier alpha value is -4.48. The number of carbonyl (C=O) groups excluding carboxylic acids is 3. The summed E-state index contributed by atoms with van der Waals surface area (Å²) < 4.78 is 40.5. The number of rotatable bonds is 6. The van der Waals surface area contributed by atoms with Gasteiger partial charge in [0, 0.05) is 23.7 Å². The highest BCUT2D eigenvalue weighted by atomic mass is 19.3. The highest BCUT2D eigenvalue weighted by Crippen LogP contribution is 2.21. The zero-order valence-corrected chi connectivity index (χ0v) is 18.6. The molecule has 2 aromatic carbocycles. The number of hydrogen-bond acceptors (Lipinski definition) is 4. The summed E-state index contributed by atoms with van der Waals surface area (Å²) in [6.45, 7) is 0.846. The van der Waals surface area contributed by atoms with Crippen molar-refractivity contribution in [3.63, 3.8) is 0 Å². The van der Waals surface area contributed by atoms with Crippen molar-refractivity contribution in [2.45, 2.75) is 24.9 Å². The lowest BCUT2D eigenvalue weighted by Crippen LogP contribution is -2.69. The van der Waals surface area contributed by atoms with Gasteiger partial charge in [-0.3, -0.25) is 14.8 Å². The largest absolute Gasteiger partial charge is 0.341 e. The molecule has 0 saturated heterocycles. The second kappa shape index (κ2) is 12.1. The summed E-state index contributed by atoms with van der Waals surface area (Å²) >= 11 is 0. The summed E-state index contributed by atoms with van der Waals surface area (Å²) in [5.41, 5.74) is -0.276. The van der Waals surface area contributed by atoms with Crippen molar-refractivity contribution in [1.82, 2.24) is 21.4 Å². The number of alkyl halides is 2. The molecule has 2 rings (SSSR count). The van der Waals surface area contributed by atoms with Gasteiger partial charge < -0.3 is 16.0 Å². The van der Waals surface area contributed by atoms with Gasteiger partial charge in [0.05, 0.1) is 0 Å². The topological polar surface area (TPSA) is 120 Å². The first-order chi connectivity index (χ1) is 16.6. The SMILES string of the molecule is CNC(=O)NC(C)(C(F)F)[C@H](NC(=O)c1ccc(C#CC#Cc2ccc(F)cc2)cc1)C(=O)NO. The van der Waals surface area contributed by atoms with E-state index in [0.29, 0.717) is 11.1 Å². The Bertz CT molecular complexity index is 1200. The van der Waals surface area contributed by atoms with Gasteiger partial charge in [-0.05, 0) is 67.3 Å². The van der Waals surface area contributed by atoms with Crippen LogP contribution in [-0.4, -0.2) is 48.1 Å². The molecule has 2 aromatic rings. The molecule has 0 bridgehead atoms. The van der Waals surface area contributed by atoms with E-state index in [1.807, 2.05) is 5.32 Å². The zero-order valence-electron chi connectivity index (χ0n) is 18.6. The number of amides is 4. The smallest absolute Gasteiger partial charge is 0.315 e. The Morgan fingerprint density at radius 3 is 1.91 bits per heavy atom. The van der Waals surface area contributed by atoms with E-state index in [1.54, 1.807) is 0 Å². The Labute approximate surface area is 199 Å². The Kier molecular flexibility index (Phi) is 9.27. The highest BCUT2D eigenvalue weighted by Gasteiger charge is 2.48. The lowest BCUT2D eigenvalue weighted by Gasteiger charge is -2.36. The van der Waals surface area contributed by atoms with E-state index in [2.05, 4.69) is 34.3 Å². The fourth-order valence-electron chi connectivity index (χ4n) is 2.77. The number of nitrogens with one attached hydrogen (secondary N) is 4. The minimum atomic E-state index is -3.30. The highest BCUT2D eigenvalue weighted by molar-refractivity contribution is 5.98. The van der Waals surface area contributed by atoms with Crippen molar-refractivity contribution in [2.75, 3.05) is 7.05 Å². The molecule has 0 aliphatic carbocycles. The van der Waals surface area contributed by atoms with Crippen molar-refractivity contribution < 1.29 is 32.8 Å². The van der Waals surface area contributed by atoms with Crippen molar-refractivity contribution >= 4 is 17.8 Å². The molecule has 0 spiro atoms. The van der Waals surface area contributed by atoms with Gasteiger partial charge in [0.25, 0.3) is 18.2 Å². The molecule has 0 saturated carbocycles. The lowest BCUT2D eigenvalue weighted by molar-refractivity contribution is -0.135. The summed E-state index contributed by atoms with van der Waals surface area (Å²) in [6, 6.07) is 8.12. The molecule has 0 aliphatic rings. The third kappa shape index (κ3) is 7.25. The molecule has 5 N–H and O–H groups in total. The van der Waals surface area contributed by atoms with Crippen LogP contribution in [0.4, 0.5) is 18.0 Å². The summed E-state index contributed by atoms with van der Waals surface area (Å²) in [4.78, 5) is 36.4. The van der Waals surface area contributed by atoms with Gasteiger partial charge in [-0.15, -0.1) is 0 Å². The number of hydroxylamine groups is 1. The minimum Gasteiger partial charge on any atom is -0.341 e. The van der Waals surface area contributed by atoms with Gasteiger partial charge >= 0.3 is 6.03 Å². The Balaban J connectivity index is 2.18. The number of carbonyl (C=O) groups is 3. The number of halogens is 3. The van der Waals surface area contributed by atoms with Crippen LogP contribution in [0.5, 0.6) is 0 Å². The molecule has 0 aromatic heterocycles. The third-order valence-electron chi connectivity index (χ3n) is 4.78. The van der Waals surface area contributed by atoms with E-state index in [-0.39, 0.29) is 11.4 Å². The van der Waals surface area contributed by atoms with Gasteiger partial charge in [0.1, 0.15) is 17.4 Å². The molecule has 0 radical (unpaired) electrons. The van der Waals surface area contributed by atoms with Crippen LogP contribution in [0.3, 0.4) is 0 Å². The summed E-state index contributed by atoms with van der Waals surface area (Å²) in [7, 11) is 1.18. The fraction of sp³-hybridized carbons (Fsp3) is 0.208.